The van der Waals surface area contributed by atoms with Crippen molar-refractivity contribution in [3.8, 4) is 0 Å². The number of nitro groups is 1. The first-order chi connectivity index (χ1) is 12.0. The Morgan fingerprint density at radius 1 is 1.15 bits per heavy atom. The molecule has 2 aromatic rings. The average Bonchev–Trinajstić information content (AvgIpc) is 2.53. The number of hydrogen-bond acceptors (Lipinski definition) is 5. The van der Waals surface area contributed by atoms with Crippen LogP contribution in [0.15, 0.2) is 51.2 Å². The van der Waals surface area contributed by atoms with Gasteiger partial charge in [0.05, 0.1) is 15.4 Å². The maximum Gasteiger partial charge on any atom is 0.289 e. The average molecular weight is 376 g/mol. The highest BCUT2D eigenvalue weighted by Gasteiger charge is 2.30. The van der Waals surface area contributed by atoms with E-state index in [9.17, 15) is 23.3 Å². The van der Waals surface area contributed by atoms with Crippen LogP contribution in [0.25, 0.3) is 0 Å². The van der Waals surface area contributed by atoms with E-state index in [1.54, 1.807) is 13.0 Å². The molecule has 0 bridgehead atoms. The SMILES string of the molecule is Cc1cccc(S(=O)(=O)c2cc(C)c(C(=O)N=C(N)N)cc2[N+](=O)[O-])c1. The smallest absolute Gasteiger partial charge is 0.289 e. The van der Waals surface area contributed by atoms with Crippen molar-refractivity contribution in [2.45, 2.75) is 23.6 Å². The van der Waals surface area contributed by atoms with E-state index in [2.05, 4.69) is 4.99 Å². The number of carbonyl (C=O) groups is 1. The summed E-state index contributed by atoms with van der Waals surface area (Å²) in [5.74, 6) is -1.40. The van der Waals surface area contributed by atoms with Crippen molar-refractivity contribution in [3.63, 3.8) is 0 Å². The molecular weight excluding hydrogens is 360 g/mol. The van der Waals surface area contributed by atoms with Crippen molar-refractivity contribution in [3.05, 3.63) is 63.2 Å². The topological polar surface area (TPSA) is 159 Å². The highest BCUT2D eigenvalue weighted by atomic mass is 32.2. The van der Waals surface area contributed by atoms with Gasteiger partial charge in [0.25, 0.3) is 11.6 Å². The Kier molecular flexibility index (Phi) is 5.07. The molecule has 26 heavy (non-hydrogen) atoms. The number of guanidine groups is 1. The molecule has 136 valence electrons. The molecule has 0 aliphatic carbocycles. The zero-order valence-corrected chi connectivity index (χ0v) is 14.8. The van der Waals surface area contributed by atoms with Gasteiger partial charge in [-0.2, -0.15) is 4.99 Å². The minimum Gasteiger partial charge on any atom is -0.370 e. The van der Waals surface area contributed by atoms with Gasteiger partial charge < -0.3 is 11.5 Å². The summed E-state index contributed by atoms with van der Waals surface area (Å²) in [7, 11) is -4.16. The van der Waals surface area contributed by atoms with Gasteiger partial charge in [-0.05, 0) is 43.2 Å². The van der Waals surface area contributed by atoms with Crippen LogP contribution in [0.1, 0.15) is 21.5 Å². The van der Waals surface area contributed by atoms with E-state index >= 15 is 0 Å². The fourth-order valence-corrected chi connectivity index (χ4v) is 3.94. The molecule has 0 aliphatic heterocycles. The van der Waals surface area contributed by atoms with Crippen LogP contribution in [0, 0.1) is 24.0 Å². The third-order valence-corrected chi connectivity index (χ3v) is 5.33. The zero-order chi connectivity index (χ0) is 19.6. The summed E-state index contributed by atoms with van der Waals surface area (Å²) in [4.78, 5) is 25.3. The maximum atomic E-state index is 12.9. The van der Waals surface area contributed by atoms with Crippen molar-refractivity contribution >= 4 is 27.4 Å². The lowest BCUT2D eigenvalue weighted by Gasteiger charge is -2.09. The van der Waals surface area contributed by atoms with E-state index in [1.807, 2.05) is 0 Å². The number of rotatable bonds is 4. The lowest BCUT2D eigenvalue weighted by atomic mass is 10.1. The van der Waals surface area contributed by atoms with Crippen LogP contribution in [0.2, 0.25) is 0 Å². The van der Waals surface area contributed by atoms with Crippen LogP contribution < -0.4 is 11.5 Å². The van der Waals surface area contributed by atoms with Crippen molar-refractivity contribution in [2.24, 2.45) is 16.5 Å². The van der Waals surface area contributed by atoms with E-state index < -0.39 is 37.2 Å². The number of benzene rings is 2. The second-order valence-electron chi connectivity index (χ2n) is 5.55. The molecule has 1 amide bonds. The van der Waals surface area contributed by atoms with E-state index in [1.165, 1.54) is 25.1 Å². The second-order valence-corrected chi connectivity index (χ2v) is 7.47. The third kappa shape index (κ3) is 3.70. The van der Waals surface area contributed by atoms with Crippen molar-refractivity contribution in [1.82, 2.24) is 0 Å². The minimum absolute atomic E-state index is 0.0803. The molecule has 0 aromatic heterocycles. The minimum atomic E-state index is -4.16. The van der Waals surface area contributed by atoms with Gasteiger partial charge in [0.2, 0.25) is 9.84 Å². The highest BCUT2D eigenvalue weighted by molar-refractivity contribution is 7.91. The van der Waals surface area contributed by atoms with Gasteiger partial charge in [-0.25, -0.2) is 8.42 Å². The lowest BCUT2D eigenvalue weighted by molar-refractivity contribution is -0.387. The van der Waals surface area contributed by atoms with E-state index in [4.69, 9.17) is 11.5 Å². The first-order valence-corrected chi connectivity index (χ1v) is 8.77. The van der Waals surface area contributed by atoms with Gasteiger partial charge in [-0.1, -0.05) is 12.1 Å². The Morgan fingerprint density at radius 3 is 2.35 bits per heavy atom. The normalized spacial score (nSPS) is 11.0. The molecule has 0 unspecified atom stereocenters. The van der Waals surface area contributed by atoms with Crippen molar-refractivity contribution in [2.75, 3.05) is 0 Å². The summed E-state index contributed by atoms with van der Waals surface area (Å²) in [6.45, 7) is 3.14. The molecule has 0 spiro atoms. The van der Waals surface area contributed by atoms with E-state index in [-0.39, 0.29) is 16.0 Å². The van der Waals surface area contributed by atoms with Gasteiger partial charge >= 0.3 is 0 Å². The predicted octanol–water partition coefficient (Wildman–Crippen LogP) is 1.46. The molecule has 0 radical (unpaired) electrons. The van der Waals surface area contributed by atoms with Crippen LogP contribution >= 0.6 is 0 Å². The molecule has 4 N–H and O–H groups in total. The number of nitrogens with zero attached hydrogens (tertiary/aromatic N) is 2. The monoisotopic (exact) mass is 376 g/mol. The van der Waals surface area contributed by atoms with E-state index in [0.29, 0.717) is 5.56 Å². The number of hydrogen-bond donors (Lipinski definition) is 2. The first-order valence-electron chi connectivity index (χ1n) is 7.29. The Labute approximate surface area is 149 Å². The number of nitrogens with two attached hydrogens (primary N) is 2. The Balaban J connectivity index is 2.74. The van der Waals surface area contributed by atoms with Crippen LogP contribution in [0.5, 0.6) is 0 Å². The predicted molar refractivity (Wildman–Crippen MR) is 94.6 cm³/mol. The molecule has 0 atom stereocenters. The number of nitro benzene ring substituents is 1. The summed E-state index contributed by atoms with van der Waals surface area (Å²) in [5.41, 5.74) is 10.3. The summed E-state index contributed by atoms with van der Waals surface area (Å²) < 4.78 is 25.7. The Morgan fingerprint density at radius 2 is 1.81 bits per heavy atom. The van der Waals surface area contributed by atoms with Crippen LogP contribution in [0.4, 0.5) is 5.69 Å². The first kappa shape index (κ1) is 19.1. The number of sulfone groups is 1. The van der Waals surface area contributed by atoms with E-state index in [0.717, 1.165) is 12.1 Å². The Hall–Kier alpha value is -3.27. The number of carbonyl (C=O) groups excluding carboxylic acids is 1. The van der Waals surface area contributed by atoms with Gasteiger partial charge in [0, 0.05) is 6.07 Å². The van der Waals surface area contributed by atoms with Gasteiger partial charge in [0.1, 0.15) is 4.90 Å². The fraction of sp³-hybridized carbons (Fsp3) is 0.125. The van der Waals surface area contributed by atoms with Gasteiger partial charge in [-0.3, -0.25) is 14.9 Å². The molecule has 0 saturated carbocycles. The number of amides is 1. The van der Waals surface area contributed by atoms with Crippen molar-refractivity contribution < 1.29 is 18.1 Å². The molecule has 0 fully saturated rings. The van der Waals surface area contributed by atoms with Gasteiger partial charge in [-0.15, -0.1) is 0 Å². The molecule has 0 saturated heterocycles. The summed E-state index contributed by atoms with van der Waals surface area (Å²) in [5, 5.41) is 11.4. The molecule has 0 heterocycles. The zero-order valence-electron chi connectivity index (χ0n) is 14.0. The highest BCUT2D eigenvalue weighted by Crippen LogP contribution is 2.32. The molecule has 2 rings (SSSR count). The number of aryl methyl sites for hydroxylation is 2. The molecule has 2 aromatic carbocycles. The molecular formula is C16H16N4O5S. The Bertz CT molecular complexity index is 1040. The second kappa shape index (κ2) is 6.92. The largest absolute Gasteiger partial charge is 0.370 e. The van der Waals surface area contributed by atoms with Crippen LogP contribution in [0.3, 0.4) is 0 Å². The lowest BCUT2D eigenvalue weighted by Crippen LogP contribution is -2.24. The summed E-state index contributed by atoms with van der Waals surface area (Å²) in [6, 6.07) is 7.94. The van der Waals surface area contributed by atoms with Crippen molar-refractivity contribution in [1.29, 1.82) is 0 Å². The summed E-state index contributed by atoms with van der Waals surface area (Å²) in [6.07, 6.45) is 0. The maximum absolute atomic E-state index is 12.9. The molecule has 10 heteroatoms. The van der Waals surface area contributed by atoms with Crippen LogP contribution in [-0.4, -0.2) is 25.2 Å². The molecule has 9 nitrogen and oxygen atoms in total. The fourth-order valence-electron chi connectivity index (χ4n) is 2.35. The summed E-state index contributed by atoms with van der Waals surface area (Å²) >= 11 is 0. The number of aliphatic imine (C=N–C) groups is 1. The quantitative estimate of drug-likeness (QED) is 0.353. The standard InChI is InChI=1S/C16H16N4O5S/c1-9-4-3-5-11(6-9)26(24,25)14-7-10(2)12(8-13(14)20(22)23)15(21)19-16(17)18/h3-8H,1-2H3,(H4,17,18,19,21). The van der Waals surface area contributed by atoms with Gasteiger partial charge in [0.15, 0.2) is 5.96 Å². The van der Waals surface area contributed by atoms with Crippen LogP contribution in [-0.2, 0) is 9.84 Å². The third-order valence-electron chi connectivity index (χ3n) is 3.55. The molecule has 0 aliphatic rings.